The van der Waals surface area contributed by atoms with E-state index in [0.717, 1.165) is 22.3 Å². The van der Waals surface area contributed by atoms with Crippen LogP contribution in [-0.4, -0.2) is 59.6 Å². The molecule has 1 N–H and O–H groups in total. The van der Waals surface area contributed by atoms with Crippen molar-refractivity contribution in [3.8, 4) is 0 Å². The molecule has 0 spiro atoms. The molecular formula is C39H36N8O6. The van der Waals surface area contributed by atoms with Crippen LogP contribution in [0.25, 0.3) is 12.2 Å². The van der Waals surface area contributed by atoms with Crippen molar-refractivity contribution in [3.63, 3.8) is 0 Å². The number of allylic oxidation sites excluding steroid dienone is 2. The van der Waals surface area contributed by atoms with Gasteiger partial charge in [-0.15, -0.1) is 20.4 Å². The number of nitro groups is 1. The maximum atomic E-state index is 13.7. The minimum absolute atomic E-state index is 0.0469. The molecule has 0 bridgehead atoms. The van der Waals surface area contributed by atoms with Gasteiger partial charge in [-0.05, 0) is 53.8 Å². The first kappa shape index (κ1) is 35.9. The molecule has 3 heterocycles. The summed E-state index contributed by atoms with van der Waals surface area (Å²) in [5.41, 5.74) is 5.40. The van der Waals surface area contributed by atoms with Crippen molar-refractivity contribution < 1.29 is 24.0 Å². The van der Waals surface area contributed by atoms with Gasteiger partial charge in [0.25, 0.3) is 5.69 Å². The highest BCUT2D eigenvalue weighted by atomic mass is 16.6. The Balaban J connectivity index is 1.14. The molecular weight excluding hydrogens is 676 g/mol. The monoisotopic (exact) mass is 712 g/mol. The summed E-state index contributed by atoms with van der Waals surface area (Å²) < 4.78 is 15.1. The molecule has 14 heteroatoms. The quantitative estimate of drug-likeness (QED) is 0.0861. The van der Waals surface area contributed by atoms with E-state index >= 15 is 0 Å². The first-order valence-corrected chi connectivity index (χ1v) is 16.7. The summed E-state index contributed by atoms with van der Waals surface area (Å²) in [5.74, 6) is -2.34. The molecule has 5 aromatic rings. The van der Waals surface area contributed by atoms with Crippen LogP contribution < -0.4 is 5.32 Å². The van der Waals surface area contributed by atoms with Crippen molar-refractivity contribution in [2.75, 3.05) is 13.2 Å². The van der Waals surface area contributed by atoms with Crippen LogP contribution in [0.15, 0.2) is 133 Å². The lowest BCUT2D eigenvalue weighted by atomic mass is 9.80. The zero-order valence-electron chi connectivity index (χ0n) is 29.0. The summed E-state index contributed by atoms with van der Waals surface area (Å²) in [4.78, 5) is 38.7. The van der Waals surface area contributed by atoms with Crippen molar-refractivity contribution in [1.82, 2.24) is 34.8 Å². The Hall–Kier alpha value is -6.96. The van der Waals surface area contributed by atoms with E-state index in [4.69, 9.17) is 9.47 Å². The second kappa shape index (κ2) is 16.8. The van der Waals surface area contributed by atoms with Crippen LogP contribution in [0.2, 0.25) is 0 Å². The number of dihydropyridines is 1. The van der Waals surface area contributed by atoms with E-state index in [1.807, 2.05) is 69.8 Å². The molecule has 0 aliphatic carbocycles. The average molecular weight is 713 g/mol. The highest BCUT2D eigenvalue weighted by Crippen LogP contribution is 2.40. The molecule has 0 saturated carbocycles. The number of rotatable bonds is 14. The minimum Gasteiger partial charge on any atom is -0.458 e. The standard InChI is InChI=1S/C39H36N8O6/c1-27-35(38(48)52-18-4-6-29-10-14-31(15-11-29)21-45-23-40-41-24-45)37(33-8-3-9-34(20-33)47(50)51)36(28(2)44-27)39(49)53-19-5-7-30-12-16-32(17-13-30)22-46-25-42-43-26-46/h3-17,20,23-26,37,44H,18-19,21-22H2,1-2H3/b6-4+,7-5+. The fourth-order valence-electron chi connectivity index (χ4n) is 5.96. The predicted octanol–water partition coefficient (Wildman–Crippen LogP) is 5.62. The summed E-state index contributed by atoms with van der Waals surface area (Å²) >= 11 is 0. The molecule has 3 aromatic carbocycles. The number of hydrogen-bond acceptors (Lipinski definition) is 11. The van der Waals surface area contributed by atoms with Gasteiger partial charge in [-0.1, -0.05) is 72.8 Å². The number of aromatic nitrogens is 6. The maximum Gasteiger partial charge on any atom is 0.337 e. The zero-order chi connectivity index (χ0) is 37.2. The highest BCUT2D eigenvalue weighted by Gasteiger charge is 2.38. The largest absolute Gasteiger partial charge is 0.458 e. The van der Waals surface area contributed by atoms with Gasteiger partial charge in [0.15, 0.2) is 0 Å². The lowest BCUT2D eigenvalue weighted by Crippen LogP contribution is -2.32. The van der Waals surface area contributed by atoms with E-state index < -0.39 is 22.8 Å². The van der Waals surface area contributed by atoms with Crippen LogP contribution in [0.4, 0.5) is 5.69 Å². The summed E-state index contributed by atoms with van der Waals surface area (Å²) in [6, 6.07) is 21.6. The maximum absolute atomic E-state index is 13.7. The molecule has 0 atom stereocenters. The van der Waals surface area contributed by atoms with Gasteiger partial charge in [0, 0.05) is 36.6 Å². The van der Waals surface area contributed by atoms with E-state index in [1.165, 1.54) is 18.2 Å². The molecule has 0 radical (unpaired) electrons. The van der Waals surface area contributed by atoms with Gasteiger partial charge in [0.2, 0.25) is 0 Å². The zero-order valence-corrected chi connectivity index (χ0v) is 29.0. The molecule has 0 amide bonds. The van der Waals surface area contributed by atoms with E-state index in [0.29, 0.717) is 30.0 Å². The number of esters is 2. The van der Waals surface area contributed by atoms with E-state index in [9.17, 15) is 19.7 Å². The van der Waals surface area contributed by atoms with Gasteiger partial charge >= 0.3 is 11.9 Å². The van der Waals surface area contributed by atoms with Crippen LogP contribution in [0.5, 0.6) is 0 Å². The number of carbonyl (C=O) groups excluding carboxylic acids is 2. The van der Waals surface area contributed by atoms with E-state index in [1.54, 1.807) is 57.4 Å². The normalized spacial score (nSPS) is 13.5. The molecule has 0 unspecified atom stereocenters. The van der Waals surface area contributed by atoms with Crippen molar-refractivity contribution in [2.24, 2.45) is 0 Å². The van der Waals surface area contributed by atoms with Crippen LogP contribution in [0.3, 0.4) is 0 Å². The van der Waals surface area contributed by atoms with E-state index in [2.05, 4.69) is 25.7 Å². The Morgan fingerprint density at radius 2 is 1.19 bits per heavy atom. The summed E-state index contributed by atoms with van der Waals surface area (Å²) in [6.07, 6.45) is 13.7. The van der Waals surface area contributed by atoms with Gasteiger partial charge in [-0.3, -0.25) is 10.1 Å². The molecule has 1 aliphatic heterocycles. The number of nitrogens with zero attached hydrogens (tertiary/aromatic N) is 7. The van der Waals surface area contributed by atoms with Gasteiger partial charge in [0.1, 0.15) is 38.5 Å². The SMILES string of the molecule is CC1=C(C(=O)OC/C=C/c2ccc(Cn3cnnc3)cc2)C(c2cccc([N+](=O)[O-])c2)C(C(=O)OC/C=C/c2ccc(Cn3cnnc3)cc2)=C(C)N1. The molecule has 1 aliphatic rings. The highest BCUT2D eigenvalue weighted by molar-refractivity contribution is 6.00. The van der Waals surface area contributed by atoms with Crippen molar-refractivity contribution in [1.29, 1.82) is 0 Å². The van der Waals surface area contributed by atoms with Gasteiger partial charge in [0.05, 0.1) is 22.0 Å². The summed E-state index contributed by atoms with van der Waals surface area (Å²) in [5, 5.41) is 30.1. The molecule has 53 heavy (non-hydrogen) atoms. The van der Waals surface area contributed by atoms with Gasteiger partial charge in [-0.25, -0.2) is 9.59 Å². The van der Waals surface area contributed by atoms with Crippen molar-refractivity contribution in [3.05, 3.63) is 171 Å². The fraction of sp³-hybridized carbons (Fsp3) is 0.179. The van der Waals surface area contributed by atoms with Crippen LogP contribution >= 0.6 is 0 Å². The smallest absolute Gasteiger partial charge is 0.337 e. The summed E-state index contributed by atoms with van der Waals surface area (Å²) in [7, 11) is 0. The molecule has 0 saturated heterocycles. The molecule has 268 valence electrons. The fourth-order valence-corrected chi connectivity index (χ4v) is 5.96. The van der Waals surface area contributed by atoms with E-state index in [-0.39, 0.29) is 30.0 Å². The third-order valence-electron chi connectivity index (χ3n) is 8.48. The first-order chi connectivity index (χ1) is 25.7. The summed E-state index contributed by atoms with van der Waals surface area (Å²) in [6.45, 7) is 4.59. The lowest BCUT2D eigenvalue weighted by molar-refractivity contribution is -0.384. The number of ether oxygens (including phenoxy) is 2. The molecule has 0 fully saturated rings. The van der Waals surface area contributed by atoms with Crippen LogP contribution in [0.1, 0.15) is 47.6 Å². The Labute approximate surface area is 305 Å². The molecule has 6 rings (SSSR count). The molecule has 2 aromatic heterocycles. The number of nitrogens with one attached hydrogen (secondary N) is 1. The number of nitro benzene ring substituents is 1. The topological polar surface area (TPSA) is 169 Å². The van der Waals surface area contributed by atoms with Crippen LogP contribution in [0, 0.1) is 10.1 Å². The van der Waals surface area contributed by atoms with Crippen molar-refractivity contribution >= 4 is 29.8 Å². The van der Waals surface area contributed by atoms with Crippen molar-refractivity contribution in [2.45, 2.75) is 32.9 Å². The minimum atomic E-state index is -0.986. The number of benzene rings is 3. The van der Waals surface area contributed by atoms with Gasteiger partial charge in [-0.2, -0.15) is 0 Å². The number of non-ortho nitro benzene ring substituents is 1. The predicted molar refractivity (Wildman–Crippen MR) is 195 cm³/mol. The lowest BCUT2D eigenvalue weighted by Gasteiger charge is -2.30. The Morgan fingerprint density at radius 3 is 1.62 bits per heavy atom. The Bertz CT molecular complexity index is 2060. The van der Waals surface area contributed by atoms with Crippen LogP contribution in [-0.2, 0) is 32.2 Å². The Morgan fingerprint density at radius 1 is 0.736 bits per heavy atom. The van der Waals surface area contributed by atoms with Gasteiger partial charge < -0.3 is 23.9 Å². The second-order valence-electron chi connectivity index (χ2n) is 12.2. The third-order valence-corrected chi connectivity index (χ3v) is 8.48. The first-order valence-electron chi connectivity index (χ1n) is 16.7. The number of hydrogen-bond donors (Lipinski definition) is 1. The second-order valence-corrected chi connectivity index (χ2v) is 12.2. The Kier molecular flexibility index (Phi) is 11.4. The average Bonchev–Trinajstić information content (AvgIpc) is 3.88. The number of carbonyl (C=O) groups is 2. The third kappa shape index (κ3) is 9.24. The molecule has 14 nitrogen and oxygen atoms in total.